The Bertz CT molecular complexity index is 303. The van der Waals surface area contributed by atoms with E-state index in [0.29, 0.717) is 26.2 Å². The number of hydrogen-bond donors (Lipinski definition) is 1. The lowest BCUT2D eigenvalue weighted by Crippen LogP contribution is -2.54. The summed E-state index contributed by atoms with van der Waals surface area (Å²) in [5.74, 6) is 0.329. The topological polar surface area (TPSA) is 52.7 Å². The Kier molecular flexibility index (Phi) is 4.58. The Morgan fingerprint density at radius 2 is 1.67 bits per heavy atom. The van der Waals surface area contributed by atoms with E-state index in [-0.39, 0.29) is 17.9 Å². The number of nitrogens with one attached hydrogen (secondary N) is 1. The second-order valence-electron chi connectivity index (χ2n) is 5.19. The average Bonchev–Trinajstić information content (AvgIpc) is 2.67. The van der Waals surface area contributed by atoms with Gasteiger partial charge in [0.05, 0.1) is 6.04 Å². The van der Waals surface area contributed by atoms with Crippen molar-refractivity contribution >= 4 is 11.8 Å². The van der Waals surface area contributed by atoms with Gasteiger partial charge in [0.2, 0.25) is 11.8 Å². The SMILES string of the molecule is CC(=O)N1CCN(C(=O)C2CCCCCN2)CC1. The Hall–Kier alpha value is -1.10. The van der Waals surface area contributed by atoms with Gasteiger partial charge in [-0.05, 0) is 19.4 Å². The summed E-state index contributed by atoms with van der Waals surface area (Å²) in [5.41, 5.74) is 0. The fourth-order valence-corrected chi connectivity index (χ4v) is 2.70. The smallest absolute Gasteiger partial charge is 0.239 e. The number of hydrogen-bond acceptors (Lipinski definition) is 3. The van der Waals surface area contributed by atoms with Crippen LogP contribution in [0, 0.1) is 0 Å². The van der Waals surface area contributed by atoms with E-state index in [4.69, 9.17) is 0 Å². The first-order valence-electron chi connectivity index (χ1n) is 6.96. The molecule has 0 saturated carbocycles. The van der Waals surface area contributed by atoms with Crippen molar-refractivity contribution in [2.24, 2.45) is 0 Å². The zero-order valence-corrected chi connectivity index (χ0v) is 11.2. The number of carbonyl (C=O) groups is 2. The predicted molar refractivity (Wildman–Crippen MR) is 69.1 cm³/mol. The van der Waals surface area contributed by atoms with E-state index >= 15 is 0 Å². The number of rotatable bonds is 1. The maximum atomic E-state index is 12.3. The van der Waals surface area contributed by atoms with Crippen LogP contribution in [-0.2, 0) is 9.59 Å². The van der Waals surface area contributed by atoms with Gasteiger partial charge in [-0.25, -0.2) is 0 Å². The Labute approximate surface area is 108 Å². The fraction of sp³-hybridized carbons (Fsp3) is 0.846. The van der Waals surface area contributed by atoms with Crippen molar-refractivity contribution < 1.29 is 9.59 Å². The highest BCUT2D eigenvalue weighted by Crippen LogP contribution is 2.12. The molecule has 0 spiro atoms. The molecule has 2 heterocycles. The van der Waals surface area contributed by atoms with Gasteiger partial charge >= 0.3 is 0 Å². The molecule has 1 unspecified atom stereocenters. The summed E-state index contributed by atoms with van der Waals surface area (Å²) in [6, 6.07) is -0.00335. The van der Waals surface area contributed by atoms with Crippen LogP contribution in [0.1, 0.15) is 32.6 Å². The van der Waals surface area contributed by atoms with E-state index in [1.54, 1.807) is 6.92 Å². The highest BCUT2D eigenvalue weighted by molar-refractivity contribution is 5.82. The van der Waals surface area contributed by atoms with Crippen molar-refractivity contribution in [3.63, 3.8) is 0 Å². The molecular weight excluding hydrogens is 230 g/mol. The molecule has 1 N–H and O–H groups in total. The van der Waals surface area contributed by atoms with E-state index in [1.807, 2.05) is 9.80 Å². The Morgan fingerprint density at radius 3 is 2.33 bits per heavy atom. The van der Waals surface area contributed by atoms with E-state index in [2.05, 4.69) is 5.32 Å². The molecule has 5 heteroatoms. The fourth-order valence-electron chi connectivity index (χ4n) is 2.70. The minimum absolute atomic E-state index is 0.00335. The van der Waals surface area contributed by atoms with Gasteiger partial charge in [0, 0.05) is 33.1 Å². The van der Waals surface area contributed by atoms with Gasteiger partial charge in [0.1, 0.15) is 0 Å². The largest absolute Gasteiger partial charge is 0.339 e. The first kappa shape index (κ1) is 13.3. The lowest BCUT2D eigenvalue weighted by atomic mass is 10.1. The second-order valence-corrected chi connectivity index (χ2v) is 5.19. The van der Waals surface area contributed by atoms with Gasteiger partial charge in [-0.3, -0.25) is 9.59 Å². The molecule has 2 amide bonds. The Balaban J connectivity index is 1.84. The van der Waals surface area contributed by atoms with Gasteiger partial charge in [-0.2, -0.15) is 0 Å². The van der Waals surface area contributed by atoms with Gasteiger partial charge in [-0.15, -0.1) is 0 Å². The highest BCUT2D eigenvalue weighted by Gasteiger charge is 2.28. The molecule has 0 radical (unpaired) electrons. The summed E-state index contributed by atoms with van der Waals surface area (Å²) in [6.45, 7) is 5.24. The number of nitrogens with zero attached hydrogens (tertiary/aromatic N) is 2. The Morgan fingerprint density at radius 1 is 1.00 bits per heavy atom. The monoisotopic (exact) mass is 253 g/mol. The average molecular weight is 253 g/mol. The normalized spacial score (nSPS) is 25.7. The first-order valence-corrected chi connectivity index (χ1v) is 6.96. The molecule has 2 aliphatic rings. The third-order valence-corrected chi connectivity index (χ3v) is 3.90. The van der Waals surface area contributed by atoms with Gasteiger partial charge < -0.3 is 15.1 Å². The molecule has 0 aromatic carbocycles. The summed E-state index contributed by atoms with van der Waals surface area (Å²) in [5, 5.41) is 3.34. The van der Waals surface area contributed by atoms with Crippen LogP contribution in [0.5, 0.6) is 0 Å². The van der Waals surface area contributed by atoms with Crippen molar-refractivity contribution in [2.75, 3.05) is 32.7 Å². The number of piperazine rings is 1. The minimum atomic E-state index is -0.00335. The molecule has 5 nitrogen and oxygen atoms in total. The lowest BCUT2D eigenvalue weighted by Gasteiger charge is -2.36. The van der Waals surface area contributed by atoms with Crippen molar-refractivity contribution in [3.8, 4) is 0 Å². The zero-order valence-electron chi connectivity index (χ0n) is 11.2. The maximum absolute atomic E-state index is 12.3. The van der Waals surface area contributed by atoms with E-state index in [9.17, 15) is 9.59 Å². The molecule has 102 valence electrons. The van der Waals surface area contributed by atoms with Gasteiger partial charge in [0.25, 0.3) is 0 Å². The first-order chi connectivity index (χ1) is 8.68. The third-order valence-electron chi connectivity index (χ3n) is 3.90. The molecule has 2 aliphatic heterocycles. The zero-order chi connectivity index (χ0) is 13.0. The lowest BCUT2D eigenvalue weighted by molar-refractivity contribution is -0.139. The van der Waals surface area contributed by atoms with Crippen LogP contribution in [-0.4, -0.2) is 60.4 Å². The van der Waals surface area contributed by atoms with Crippen molar-refractivity contribution in [1.82, 2.24) is 15.1 Å². The molecular formula is C13H23N3O2. The standard InChI is InChI=1S/C13H23N3O2/c1-11(17)15-7-9-16(10-8-15)13(18)12-5-3-2-4-6-14-12/h12,14H,2-10H2,1H3. The van der Waals surface area contributed by atoms with Gasteiger partial charge in [-0.1, -0.05) is 12.8 Å². The molecule has 2 rings (SSSR count). The molecule has 2 fully saturated rings. The number of carbonyl (C=O) groups excluding carboxylic acids is 2. The van der Waals surface area contributed by atoms with Crippen LogP contribution >= 0.6 is 0 Å². The van der Waals surface area contributed by atoms with Crippen LogP contribution in [0.3, 0.4) is 0 Å². The van der Waals surface area contributed by atoms with Crippen LogP contribution < -0.4 is 5.32 Å². The summed E-state index contributed by atoms with van der Waals surface area (Å²) < 4.78 is 0. The van der Waals surface area contributed by atoms with E-state index in [0.717, 1.165) is 19.4 Å². The van der Waals surface area contributed by atoms with Crippen LogP contribution in [0.25, 0.3) is 0 Å². The van der Waals surface area contributed by atoms with Crippen LogP contribution in [0.2, 0.25) is 0 Å². The molecule has 2 saturated heterocycles. The van der Waals surface area contributed by atoms with Gasteiger partial charge in [0.15, 0.2) is 0 Å². The summed E-state index contributed by atoms with van der Waals surface area (Å²) in [7, 11) is 0. The maximum Gasteiger partial charge on any atom is 0.239 e. The highest BCUT2D eigenvalue weighted by atomic mass is 16.2. The summed E-state index contributed by atoms with van der Waals surface area (Å²) in [6.07, 6.45) is 4.47. The molecule has 18 heavy (non-hydrogen) atoms. The molecule has 0 aliphatic carbocycles. The second kappa shape index (κ2) is 6.18. The third kappa shape index (κ3) is 3.22. The van der Waals surface area contributed by atoms with E-state index in [1.165, 1.54) is 12.8 Å². The predicted octanol–water partition coefficient (Wildman–Crippen LogP) is 0.209. The van der Waals surface area contributed by atoms with Crippen LogP contribution in [0.15, 0.2) is 0 Å². The van der Waals surface area contributed by atoms with Crippen molar-refractivity contribution in [2.45, 2.75) is 38.6 Å². The van der Waals surface area contributed by atoms with Crippen molar-refractivity contribution in [1.29, 1.82) is 0 Å². The molecule has 0 aromatic heterocycles. The summed E-state index contributed by atoms with van der Waals surface area (Å²) in [4.78, 5) is 27.3. The molecule has 0 bridgehead atoms. The van der Waals surface area contributed by atoms with Crippen molar-refractivity contribution in [3.05, 3.63) is 0 Å². The summed E-state index contributed by atoms with van der Waals surface area (Å²) >= 11 is 0. The number of amides is 2. The quantitative estimate of drug-likeness (QED) is 0.727. The molecule has 1 atom stereocenters. The minimum Gasteiger partial charge on any atom is -0.339 e. The molecule has 0 aromatic rings. The van der Waals surface area contributed by atoms with E-state index < -0.39 is 0 Å². The van der Waals surface area contributed by atoms with Crippen LogP contribution in [0.4, 0.5) is 0 Å².